The first-order valence-corrected chi connectivity index (χ1v) is 3.36. The van der Waals surface area contributed by atoms with Gasteiger partial charge in [0.2, 0.25) is 0 Å². The summed E-state index contributed by atoms with van der Waals surface area (Å²) in [5.41, 5.74) is 1.38. The molecule has 1 aliphatic rings. The SMILES string of the molecule is OCc1cc(F)cc2c1OC2. The Morgan fingerprint density at radius 2 is 2.36 bits per heavy atom. The van der Waals surface area contributed by atoms with Crippen LogP contribution in [0.4, 0.5) is 4.39 Å². The van der Waals surface area contributed by atoms with Crippen LogP contribution >= 0.6 is 0 Å². The zero-order valence-electron chi connectivity index (χ0n) is 5.80. The summed E-state index contributed by atoms with van der Waals surface area (Å²) in [6, 6.07) is 2.72. The van der Waals surface area contributed by atoms with Gasteiger partial charge in [0.25, 0.3) is 0 Å². The maximum absolute atomic E-state index is 12.7. The van der Waals surface area contributed by atoms with Crippen molar-refractivity contribution in [3.63, 3.8) is 0 Å². The van der Waals surface area contributed by atoms with Crippen molar-refractivity contribution in [2.24, 2.45) is 0 Å². The van der Waals surface area contributed by atoms with Gasteiger partial charge >= 0.3 is 0 Å². The monoisotopic (exact) mass is 154 g/mol. The van der Waals surface area contributed by atoms with Crippen molar-refractivity contribution >= 4 is 0 Å². The number of rotatable bonds is 1. The highest BCUT2D eigenvalue weighted by Gasteiger charge is 2.19. The predicted molar refractivity (Wildman–Crippen MR) is 36.7 cm³/mol. The third-order valence-electron chi connectivity index (χ3n) is 1.75. The van der Waals surface area contributed by atoms with E-state index in [4.69, 9.17) is 9.84 Å². The van der Waals surface area contributed by atoms with Gasteiger partial charge < -0.3 is 9.84 Å². The van der Waals surface area contributed by atoms with E-state index in [2.05, 4.69) is 0 Å². The fraction of sp³-hybridized carbons (Fsp3) is 0.250. The first kappa shape index (κ1) is 6.61. The van der Waals surface area contributed by atoms with Crippen molar-refractivity contribution in [3.05, 3.63) is 29.1 Å². The molecule has 3 heteroatoms. The Morgan fingerprint density at radius 3 is 2.91 bits per heavy atom. The van der Waals surface area contributed by atoms with Crippen molar-refractivity contribution in [2.75, 3.05) is 0 Å². The van der Waals surface area contributed by atoms with Gasteiger partial charge in [-0.3, -0.25) is 0 Å². The molecule has 0 aliphatic carbocycles. The molecule has 0 bridgehead atoms. The van der Waals surface area contributed by atoms with E-state index in [-0.39, 0.29) is 12.4 Å². The minimum Gasteiger partial charge on any atom is -0.488 e. The van der Waals surface area contributed by atoms with Gasteiger partial charge in [0.05, 0.1) is 6.61 Å². The third kappa shape index (κ3) is 0.886. The number of benzene rings is 1. The second kappa shape index (κ2) is 2.20. The average molecular weight is 154 g/mol. The lowest BCUT2D eigenvalue weighted by Gasteiger charge is -2.22. The molecule has 0 saturated carbocycles. The van der Waals surface area contributed by atoms with Crippen molar-refractivity contribution < 1.29 is 14.2 Å². The molecule has 58 valence electrons. The average Bonchev–Trinajstić information content (AvgIpc) is 1.95. The molecule has 0 fully saturated rings. The van der Waals surface area contributed by atoms with E-state index in [9.17, 15) is 4.39 Å². The molecule has 0 spiro atoms. The van der Waals surface area contributed by atoms with Gasteiger partial charge in [0, 0.05) is 11.1 Å². The summed E-state index contributed by atoms with van der Waals surface area (Å²) in [7, 11) is 0. The molecule has 0 aromatic heterocycles. The quantitative estimate of drug-likeness (QED) is 0.658. The summed E-state index contributed by atoms with van der Waals surface area (Å²) in [5, 5.41) is 8.75. The van der Waals surface area contributed by atoms with Gasteiger partial charge in [-0.25, -0.2) is 4.39 Å². The first-order valence-electron chi connectivity index (χ1n) is 3.36. The van der Waals surface area contributed by atoms with Gasteiger partial charge in [-0.15, -0.1) is 0 Å². The van der Waals surface area contributed by atoms with Crippen molar-refractivity contribution in [3.8, 4) is 5.75 Å². The highest BCUT2D eigenvalue weighted by atomic mass is 19.1. The molecule has 0 unspecified atom stereocenters. The molecule has 1 N–H and O–H groups in total. The van der Waals surface area contributed by atoms with Crippen molar-refractivity contribution in [2.45, 2.75) is 13.2 Å². The first-order chi connectivity index (χ1) is 5.31. The molecular formula is C8H7FO2. The minimum absolute atomic E-state index is 0.167. The number of aliphatic hydroxyl groups is 1. The minimum atomic E-state index is -0.309. The van der Waals surface area contributed by atoms with Crippen molar-refractivity contribution in [1.82, 2.24) is 0 Å². The number of halogens is 1. The maximum atomic E-state index is 12.7. The Labute approximate surface area is 63.2 Å². The van der Waals surface area contributed by atoms with Gasteiger partial charge in [-0.1, -0.05) is 0 Å². The molecule has 0 saturated heterocycles. The van der Waals surface area contributed by atoms with E-state index in [0.717, 1.165) is 5.56 Å². The van der Waals surface area contributed by atoms with Crippen LogP contribution in [0.25, 0.3) is 0 Å². The van der Waals surface area contributed by atoms with Gasteiger partial charge in [0.15, 0.2) is 0 Å². The van der Waals surface area contributed by atoms with Crippen LogP contribution in [-0.2, 0) is 13.2 Å². The molecule has 2 rings (SSSR count). The summed E-state index contributed by atoms with van der Waals surface area (Å²) < 4.78 is 17.7. The molecular weight excluding hydrogens is 147 g/mol. The largest absolute Gasteiger partial charge is 0.488 e. The van der Waals surface area contributed by atoms with Crippen LogP contribution in [0, 0.1) is 5.82 Å². The third-order valence-corrected chi connectivity index (χ3v) is 1.75. The number of ether oxygens (including phenoxy) is 1. The number of fused-ring (bicyclic) bond motifs is 1. The van der Waals surface area contributed by atoms with Crippen LogP contribution in [0.3, 0.4) is 0 Å². The summed E-state index contributed by atoms with van der Waals surface area (Å²) in [4.78, 5) is 0. The van der Waals surface area contributed by atoms with Crippen LogP contribution in [0.1, 0.15) is 11.1 Å². The highest BCUT2D eigenvalue weighted by Crippen LogP contribution is 2.33. The van der Waals surface area contributed by atoms with Crippen LogP contribution in [-0.4, -0.2) is 5.11 Å². The van der Waals surface area contributed by atoms with Crippen LogP contribution in [0.15, 0.2) is 12.1 Å². The predicted octanol–water partition coefficient (Wildman–Crippen LogP) is 1.21. The standard InChI is InChI=1S/C8H7FO2/c9-7-1-5(3-10)8-6(2-7)4-11-8/h1-2,10H,3-4H2. The lowest BCUT2D eigenvalue weighted by molar-refractivity contribution is 0.219. The summed E-state index contributed by atoms with van der Waals surface area (Å²) >= 11 is 0. The zero-order valence-corrected chi connectivity index (χ0v) is 5.80. The molecule has 1 aromatic carbocycles. The fourth-order valence-electron chi connectivity index (χ4n) is 1.19. The number of hydrogen-bond donors (Lipinski definition) is 1. The van der Waals surface area contributed by atoms with Crippen LogP contribution in [0.5, 0.6) is 5.75 Å². The molecule has 0 amide bonds. The molecule has 1 aliphatic heterocycles. The highest BCUT2D eigenvalue weighted by molar-refractivity contribution is 5.45. The Morgan fingerprint density at radius 1 is 1.55 bits per heavy atom. The van der Waals surface area contributed by atoms with Gasteiger partial charge in [0.1, 0.15) is 18.2 Å². The normalized spacial score (nSPS) is 13.3. The molecule has 1 heterocycles. The van der Waals surface area contributed by atoms with E-state index in [1.165, 1.54) is 12.1 Å². The van der Waals surface area contributed by atoms with E-state index in [1.54, 1.807) is 0 Å². The molecule has 0 radical (unpaired) electrons. The second-order valence-electron chi connectivity index (χ2n) is 2.50. The van der Waals surface area contributed by atoms with Gasteiger partial charge in [-0.05, 0) is 12.1 Å². The summed E-state index contributed by atoms with van der Waals surface area (Å²) in [5.74, 6) is 0.338. The zero-order chi connectivity index (χ0) is 7.84. The summed E-state index contributed by atoms with van der Waals surface area (Å²) in [6.07, 6.45) is 0. The second-order valence-corrected chi connectivity index (χ2v) is 2.50. The Balaban J connectivity index is 2.54. The van der Waals surface area contributed by atoms with Crippen LogP contribution in [0.2, 0.25) is 0 Å². The summed E-state index contributed by atoms with van der Waals surface area (Å²) in [6.45, 7) is 0.292. The topological polar surface area (TPSA) is 29.5 Å². The maximum Gasteiger partial charge on any atom is 0.132 e. The molecule has 1 aromatic rings. The lowest BCUT2D eigenvalue weighted by atomic mass is 10.1. The lowest BCUT2D eigenvalue weighted by Crippen LogP contribution is -2.12. The van der Waals surface area contributed by atoms with E-state index in [0.29, 0.717) is 17.9 Å². The van der Waals surface area contributed by atoms with E-state index in [1.807, 2.05) is 0 Å². The number of hydrogen-bond acceptors (Lipinski definition) is 2. The fourth-order valence-corrected chi connectivity index (χ4v) is 1.19. The van der Waals surface area contributed by atoms with E-state index < -0.39 is 0 Å². The Hall–Kier alpha value is -1.09. The molecule has 2 nitrogen and oxygen atoms in total. The molecule has 0 atom stereocenters. The van der Waals surface area contributed by atoms with E-state index >= 15 is 0 Å². The van der Waals surface area contributed by atoms with Crippen molar-refractivity contribution in [1.29, 1.82) is 0 Å². The Bertz CT molecular complexity index is 296. The smallest absolute Gasteiger partial charge is 0.132 e. The van der Waals surface area contributed by atoms with Crippen LogP contribution < -0.4 is 4.74 Å². The van der Waals surface area contributed by atoms with Gasteiger partial charge in [-0.2, -0.15) is 0 Å². The molecule has 11 heavy (non-hydrogen) atoms. The number of aliphatic hydroxyl groups excluding tert-OH is 1. The Kier molecular flexibility index (Phi) is 1.32.